The molecule has 6 heteroatoms. The molecule has 2 N–H and O–H groups in total. The number of nitrogens with one attached hydrogen (secondary N) is 2. The first-order chi connectivity index (χ1) is 9.55. The minimum Gasteiger partial charge on any atom is -0.381 e. The fourth-order valence-corrected chi connectivity index (χ4v) is 3.94. The molecule has 1 fully saturated rings. The Morgan fingerprint density at radius 2 is 1.95 bits per heavy atom. The highest BCUT2D eigenvalue weighted by Gasteiger charge is 2.27. The van der Waals surface area contributed by atoms with Gasteiger partial charge in [-0.05, 0) is 49.8 Å². The monoisotopic (exact) mass is 314 g/mol. The highest BCUT2D eigenvalue weighted by atomic mass is 32.2. The topological polar surface area (TPSA) is 58.2 Å². The van der Waals surface area contributed by atoms with Crippen LogP contribution < -0.4 is 10.0 Å². The van der Waals surface area contributed by atoms with Crippen LogP contribution in [0.1, 0.15) is 26.2 Å². The number of thioether (sulfide) groups is 1. The summed E-state index contributed by atoms with van der Waals surface area (Å²) >= 11 is 1.81. The Hall–Kier alpha value is -0.720. The lowest BCUT2D eigenvalue weighted by atomic mass is 10.2. The number of sulfonamides is 1. The van der Waals surface area contributed by atoms with Gasteiger partial charge >= 0.3 is 0 Å². The van der Waals surface area contributed by atoms with Crippen LogP contribution in [0.25, 0.3) is 0 Å². The van der Waals surface area contributed by atoms with E-state index in [1.54, 1.807) is 23.9 Å². The van der Waals surface area contributed by atoms with Crippen molar-refractivity contribution in [3.8, 4) is 0 Å². The van der Waals surface area contributed by atoms with Gasteiger partial charge < -0.3 is 5.32 Å². The molecule has 1 atom stereocenters. The van der Waals surface area contributed by atoms with E-state index in [9.17, 15) is 8.42 Å². The second-order valence-electron chi connectivity index (χ2n) is 5.12. The molecule has 1 saturated carbocycles. The number of anilines is 1. The van der Waals surface area contributed by atoms with Crippen LogP contribution in [0.4, 0.5) is 5.69 Å². The number of benzene rings is 1. The van der Waals surface area contributed by atoms with Crippen LogP contribution in [0, 0.1) is 0 Å². The summed E-state index contributed by atoms with van der Waals surface area (Å²) in [6.45, 7) is 2.15. The molecular formula is C14H22N2O2S2. The van der Waals surface area contributed by atoms with E-state index >= 15 is 0 Å². The molecular weight excluding hydrogens is 292 g/mol. The summed E-state index contributed by atoms with van der Waals surface area (Å²) in [6, 6.07) is 7.56. The van der Waals surface area contributed by atoms with Gasteiger partial charge in [-0.1, -0.05) is 6.92 Å². The molecule has 0 amide bonds. The largest absolute Gasteiger partial charge is 0.381 e. The summed E-state index contributed by atoms with van der Waals surface area (Å²) in [5, 5.41) is 3.43. The van der Waals surface area contributed by atoms with Crippen molar-refractivity contribution in [2.75, 3.05) is 17.3 Å². The molecule has 0 saturated heterocycles. The van der Waals surface area contributed by atoms with Crippen LogP contribution in [-0.2, 0) is 10.0 Å². The molecule has 20 heavy (non-hydrogen) atoms. The maximum Gasteiger partial charge on any atom is 0.240 e. The van der Waals surface area contributed by atoms with Crippen LogP contribution in [-0.4, -0.2) is 32.5 Å². The van der Waals surface area contributed by atoms with Gasteiger partial charge in [0.15, 0.2) is 0 Å². The lowest BCUT2D eigenvalue weighted by Gasteiger charge is -2.17. The van der Waals surface area contributed by atoms with Crippen LogP contribution in [0.15, 0.2) is 29.2 Å². The van der Waals surface area contributed by atoms with E-state index in [0.717, 1.165) is 30.7 Å². The van der Waals surface area contributed by atoms with E-state index in [0.29, 0.717) is 10.9 Å². The average molecular weight is 314 g/mol. The van der Waals surface area contributed by atoms with Gasteiger partial charge in [0.05, 0.1) is 4.90 Å². The van der Waals surface area contributed by atoms with Crippen molar-refractivity contribution in [1.82, 2.24) is 4.72 Å². The zero-order valence-corrected chi connectivity index (χ0v) is 13.6. The molecule has 0 aromatic heterocycles. The van der Waals surface area contributed by atoms with Crippen LogP contribution in [0.2, 0.25) is 0 Å². The highest BCUT2D eigenvalue weighted by Crippen LogP contribution is 2.23. The van der Waals surface area contributed by atoms with Gasteiger partial charge in [0.25, 0.3) is 0 Å². The van der Waals surface area contributed by atoms with Crippen molar-refractivity contribution in [3.63, 3.8) is 0 Å². The minimum absolute atomic E-state index is 0.142. The number of rotatable bonds is 8. The molecule has 4 nitrogen and oxygen atoms in total. The van der Waals surface area contributed by atoms with Gasteiger partial charge in [-0.15, -0.1) is 0 Å². The van der Waals surface area contributed by atoms with Crippen LogP contribution in [0.3, 0.4) is 0 Å². The molecule has 1 aliphatic rings. The first-order valence-corrected chi connectivity index (χ1v) is 9.80. The smallest absolute Gasteiger partial charge is 0.240 e. The van der Waals surface area contributed by atoms with E-state index in [1.807, 2.05) is 12.1 Å². The predicted molar refractivity (Wildman–Crippen MR) is 85.9 cm³/mol. The zero-order chi connectivity index (χ0) is 14.6. The lowest BCUT2D eigenvalue weighted by molar-refractivity contribution is 0.581. The minimum atomic E-state index is -3.34. The average Bonchev–Trinajstić information content (AvgIpc) is 3.22. The van der Waals surface area contributed by atoms with Gasteiger partial charge in [0.2, 0.25) is 10.0 Å². The molecule has 0 heterocycles. The normalized spacial score (nSPS) is 16.9. The Balaban J connectivity index is 2.01. The Kier molecular flexibility index (Phi) is 5.35. The van der Waals surface area contributed by atoms with Gasteiger partial charge in [0.1, 0.15) is 0 Å². The van der Waals surface area contributed by atoms with Crippen molar-refractivity contribution < 1.29 is 8.42 Å². The molecule has 0 aliphatic heterocycles. The summed E-state index contributed by atoms with van der Waals surface area (Å²) < 4.78 is 26.8. The second kappa shape index (κ2) is 6.83. The third-order valence-electron chi connectivity index (χ3n) is 3.30. The quantitative estimate of drug-likeness (QED) is 0.774. The van der Waals surface area contributed by atoms with Gasteiger partial charge in [-0.3, -0.25) is 0 Å². The molecule has 0 radical (unpaired) electrons. The van der Waals surface area contributed by atoms with Crippen molar-refractivity contribution >= 4 is 27.5 Å². The third kappa shape index (κ3) is 4.40. The van der Waals surface area contributed by atoms with E-state index in [2.05, 4.69) is 23.2 Å². The Labute approximate surface area is 125 Å². The SMILES string of the molecule is CCC(CSC)Nc1ccc(S(=O)(=O)NC2CC2)cc1. The summed E-state index contributed by atoms with van der Waals surface area (Å²) in [5.41, 5.74) is 0.969. The van der Waals surface area contributed by atoms with Crippen LogP contribution >= 0.6 is 11.8 Å². The van der Waals surface area contributed by atoms with Gasteiger partial charge in [-0.2, -0.15) is 11.8 Å². The first-order valence-electron chi connectivity index (χ1n) is 6.93. The predicted octanol–water partition coefficient (Wildman–Crippen LogP) is 2.68. The number of hydrogen-bond acceptors (Lipinski definition) is 4. The van der Waals surface area contributed by atoms with Crippen molar-refractivity contribution in [2.24, 2.45) is 0 Å². The molecule has 0 bridgehead atoms. The van der Waals surface area contributed by atoms with Crippen molar-refractivity contribution in [3.05, 3.63) is 24.3 Å². The van der Waals surface area contributed by atoms with E-state index in [-0.39, 0.29) is 6.04 Å². The van der Waals surface area contributed by atoms with Crippen LogP contribution in [0.5, 0.6) is 0 Å². The fourth-order valence-electron chi connectivity index (χ4n) is 1.92. The summed E-state index contributed by atoms with van der Waals surface area (Å²) in [4.78, 5) is 0.341. The molecule has 0 spiro atoms. The third-order valence-corrected chi connectivity index (χ3v) is 5.57. The van der Waals surface area contributed by atoms with Gasteiger partial charge in [0, 0.05) is 23.5 Å². The highest BCUT2D eigenvalue weighted by molar-refractivity contribution is 7.98. The Morgan fingerprint density at radius 1 is 1.30 bits per heavy atom. The van der Waals surface area contributed by atoms with E-state index in [4.69, 9.17) is 0 Å². The van der Waals surface area contributed by atoms with E-state index in [1.165, 1.54) is 0 Å². The Bertz CT molecular complexity index is 525. The maximum atomic E-state index is 12.0. The second-order valence-corrected chi connectivity index (χ2v) is 7.75. The molecule has 1 aliphatic carbocycles. The molecule has 1 unspecified atom stereocenters. The summed E-state index contributed by atoms with van der Waals surface area (Å²) in [5.74, 6) is 1.04. The molecule has 1 aromatic carbocycles. The van der Waals surface area contributed by atoms with Crippen molar-refractivity contribution in [2.45, 2.75) is 43.2 Å². The first kappa shape index (κ1) is 15.7. The zero-order valence-electron chi connectivity index (χ0n) is 11.9. The molecule has 2 rings (SSSR count). The Morgan fingerprint density at radius 3 is 2.45 bits per heavy atom. The van der Waals surface area contributed by atoms with Crippen molar-refractivity contribution in [1.29, 1.82) is 0 Å². The lowest BCUT2D eigenvalue weighted by Crippen LogP contribution is -2.25. The van der Waals surface area contributed by atoms with E-state index < -0.39 is 10.0 Å². The fraction of sp³-hybridized carbons (Fsp3) is 0.571. The summed E-state index contributed by atoms with van der Waals surface area (Å²) in [7, 11) is -3.34. The molecule has 1 aromatic rings. The maximum absolute atomic E-state index is 12.0. The number of hydrogen-bond donors (Lipinski definition) is 2. The van der Waals surface area contributed by atoms with Gasteiger partial charge in [-0.25, -0.2) is 13.1 Å². The molecule has 112 valence electrons. The standard InChI is InChI=1S/C14H22N2O2S2/c1-3-11(10-19-2)15-12-6-8-14(9-7-12)20(17,18)16-13-4-5-13/h6-9,11,13,15-16H,3-5,10H2,1-2H3. The summed E-state index contributed by atoms with van der Waals surface area (Å²) in [6.07, 6.45) is 5.03.